The maximum atomic E-state index is 13.1. The molecule has 1 atom stereocenters. The molecule has 0 aliphatic rings. The molecule has 0 saturated carbocycles. The van der Waals surface area contributed by atoms with Crippen LogP contribution in [0.1, 0.15) is 17.3 Å². The molecule has 0 saturated heterocycles. The molecular formula is C16H15ClFN3O2. The van der Waals surface area contributed by atoms with Crippen molar-refractivity contribution < 1.29 is 14.0 Å². The Morgan fingerprint density at radius 1 is 1.13 bits per heavy atom. The van der Waals surface area contributed by atoms with Gasteiger partial charge in [0.25, 0.3) is 0 Å². The number of carbonyl (C=O) groups excluding carboxylic acids is 2. The lowest BCUT2D eigenvalue weighted by atomic mass is 10.2. The molecule has 0 aromatic heterocycles. The van der Waals surface area contributed by atoms with Gasteiger partial charge in [0, 0.05) is 16.9 Å². The molecule has 0 fully saturated rings. The van der Waals surface area contributed by atoms with Gasteiger partial charge in [0.2, 0.25) is 11.8 Å². The Labute approximate surface area is 137 Å². The van der Waals surface area contributed by atoms with Crippen LogP contribution >= 0.6 is 11.6 Å². The van der Waals surface area contributed by atoms with E-state index in [0.717, 1.165) is 0 Å². The second-order valence-electron chi connectivity index (χ2n) is 4.93. The van der Waals surface area contributed by atoms with Crippen LogP contribution in [0.4, 0.5) is 15.8 Å². The van der Waals surface area contributed by atoms with Crippen LogP contribution in [0.3, 0.4) is 0 Å². The number of nitrogens with two attached hydrogens (primary N) is 1. The Bertz CT molecular complexity index is 735. The Morgan fingerprint density at radius 3 is 2.30 bits per heavy atom. The first-order valence-corrected chi connectivity index (χ1v) is 7.17. The summed E-state index contributed by atoms with van der Waals surface area (Å²) in [5, 5.41) is 5.59. The van der Waals surface area contributed by atoms with E-state index < -0.39 is 17.8 Å². The van der Waals surface area contributed by atoms with Gasteiger partial charge in [-0.25, -0.2) is 4.39 Å². The molecule has 2 rings (SSSR count). The maximum absolute atomic E-state index is 13.1. The van der Waals surface area contributed by atoms with Gasteiger partial charge in [-0.1, -0.05) is 11.6 Å². The molecule has 2 aromatic carbocycles. The highest BCUT2D eigenvalue weighted by atomic mass is 35.5. The van der Waals surface area contributed by atoms with Crippen molar-refractivity contribution in [1.82, 2.24) is 0 Å². The van der Waals surface area contributed by atoms with E-state index in [-0.39, 0.29) is 10.9 Å². The molecule has 2 aromatic rings. The standard InChI is InChI=1S/C16H15ClFN3O2/c1-9(20-12-6-7-14(18)13(17)8-12)16(23)21-11-4-2-10(3-5-11)15(19)22/h2-9,20H,1H3,(H2,19,22)(H,21,23)/t9-/m0/s1. The highest BCUT2D eigenvalue weighted by molar-refractivity contribution is 6.31. The van der Waals surface area contributed by atoms with Crippen molar-refractivity contribution in [3.63, 3.8) is 0 Å². The van der Waals surface area contributed by atoms with E-state index in [1.807, 2.05) is 0 Å². The minimum absolute atomic E-state index is 0.0235. The zero-order chi connectivity index (χ0) is 17.0. The summed E-state index contributed by atoms with van der Waals surface area (Å²) < 4.78 is 13.1. The number of nitrogens with one attached hydrogen (secondary N) is 2. The lowest BCUT2D eigenvalue weighted by Crippen LogP contribution is -2.31. The Hall–Kier alpha value is -2.60. The van der Waals surface area contributed by atoms with Gasteiger partial charge in [0.15, 0.2) is 0 Å². The minimum atomic E-state index is -0.577. The summed E-state index contributed by atoms with van der Waals surface area (Å²) in [7, 11) is 0. The Balaban J connectivity index is 1.99. The molecule has 0 spiro atoms. The zero-order valence-electron chi connectivity index (χ0n) is 12.3. The van der Waals surface area contributed by atoms with Gasteiger partial charge >= 0.3 is 0 Å². The number of benzene rings is 2. The third-order valence-corrected chi connectivity index (χ3v) is 3.42. The van der Waals surface area contributed by atoms with Crippen molar-refractivity contribution >= 4 is 34.8 Å². The Kier molecular flexibility index (Phi) is 5.18. The summed E-state index contributed by atoms with van der Waals surface area (Å²) in [5.74, 6) is -1.35. The molecule has 0 unspecified atom stereocenters. The van der Waals surface area contributed by atoms with Crippen molar-refractivity contribution in [2.75, 3.05) is 10.6 Å². The van der Waals surface area contributed by atoms with Gasteiger partial charge in [-0.05, 0) is 49.4 Å². The molecule has 2 amide bonds. The number of hydrogen-bond donors (Lipinski definition) is 3. The molecule has 0 aliphatic carbocycles. The van der Waals surface area contributed by atoms with Crippen molar-refractivity contribution in [3.8, 4) is 0 Å². The molecule has 0 bridgehead atoms. The van der Waals surface area contributed by atoms with E-state index in [0.29, 0.717) is 16.9 Å². The number of halogens is 2. The summed E-state index contributed by atoms with van der Waals surface area (Å²) in [4.78, 5) is 23.1. The van der Waals surface area contributed by atoms with Crippen molar-refractivity contribution in [3.05, 3.63) is 58.9 Å². The fraction of sp³-hybridized carbons (Fsp3) is 0.125. The maximum Gasteiger partial charge on any atom is 0.248 e. The molecule has 4 N–H and O–H groups in total. The van der Waals surface area contributed by atoms with Crippen LogP contribution in [0.2, 0.25) is 5.02 Å². The zero-order valence-corrected chi connectivity index (χ0v) is 13.0. The first-order chi connectivity index (χ1) is 10.9. The molecule has 0 aliphatic heterocycles. The fourth-order valence-electron chi connectivity index (χ4n) is 1.87. The predicted molar refractivity (Wildman–Crippen MR) is 88.1 cm³/mol. The number of primary amides is 1. The van der Waals surface area contributed by atoms with Crippen LogP contribution in [-0.2, 0) is 4.79 Å². The van der Waals surface area contributed by atoms with Gasteiger partial charge in [-0.2, -0.15) is 0 Å². The summed E-state index contributed by atoms with van der Waals surface area (Å²) in [6.45, 7) is 1.66. The normalized spacial score (nSPS) is 11.6. The Morgan fingerprint density at radius 2 is 1.74 bits per heavy atom. The quantitative estimate of drug-likeness (QED) is 0.785. The monoisotopic (exact) mass is 335 g/mol. The lowest BCUT2D eigenvalue weighted by molar-refractivity contribution is -0.116. The smallest absolute Gasteiger partial charge is 0.248 e. The molecule has 5 nitrogen and oxygen atoms in total. The van der Waals surface area contributed by atoms with E-state index in [1.165, 1.54) is 30.3 Å². The van der Waals surface area contributed by atoms with Gasteiger partial charge in [0.1, 0.15) is 11.9 Å². The second kappa shape index (κ2) is 7.11. The minimum Gasteiger partial charge on any atom is -0.374 e. The number of anilines is 2. The molecule has 120 valence electrons. The SMILES string of the molecule is C[C@H](Nc1ccc(F)c(Cl)c1)C(=O)Nc1ccc(C(N)=O)cc1. The van der Waals surface area contributed by atoms with Crippen molar-refractivity contribution in [1.29, 1.82) is 0 Å². The molecule has 23 heavy (non-hydrogen) atoms. The number of rotatable bonds is 5. The van der Waals surface area contributed by atoms with Crippen LogP contribution in [0.5, 0.6) is 0 Å². The topological polar surface area (TPSA) is 84.2 Å². The lowest BCUT2D eigenvalue weighted by Gasteiger charge is -2.15. The van der Waals surface area contributed by atoms with Crippen molar-refractivity contribution in [2.24, 2.45) is 5.73 Å². The highest BCUT2D eigenvalue weighted by Crippen LogP contribution is 2.20. The van der Waals surface area contributed by atoms with Crippen molar-refractivity contribution in [2.45, 2.75) is 13.0 Å². The number of amides is 2. The first kappa shape index (κ1) is 16.8. The average molecular weight is 336 g/mol. The van der Waals surface area contributed by atoms with E-state index in [1.54, 1.807) is 19.1 Å². The summed E-state index contributed by atoms with van der Waals surface area (Å²) in [6, 6.07) is 9.75. The van der Waals surface area contributed by atoms with Crippen LogP contribution in [0, 0.1) is 5.82 Å². The fourth-order valence-corrected chi connectivity index (χ4v) is 2.05. The second-order valence-corrected chi connectivity index (χ2v) is 5.33. The summed E-state index contributed by atoms with van der Waals surface area (Å²) in [5.41, 5.74) is 6.57. The van der Waals surface area contributed by atoms with E-state index in [9.17, 15) is 14.0 Å². The van der Waals surface area contributed by atoms with E-state index in [2.05, 4.69) is 10.6 Å². The molecule has 0 heterocycles. The van der Waals surface area contributed by atoms with Crippen LogP contribution < -0.4 is 16.4 Å². The average Bonchev–Trinajstić information content (AvgIpc) is 2.51. The largest absolute Gasteiger partial charge is 0.374 e. The van der Waals surface area contributed by atoms with Gasteiger partial charge in [-0.3, -0.25) is 9.59 Å². The molecule has 7 heteroatoms. The molecular weight excluding hydrogens is 321 g/mol. The third kappa shape index (κ3) is 4.43. The number of hydrogen-bond acceptors (Lipinski definition) is 3. The highest BCUT2D eigenvalue weighted by Gasteiger charge is 2.13. The first-order valence-electron chi connectivity index (χ1n) is 6.79. The molecule has 0 radical (unpaired) electrons. The van der Waals surface area contributed by atoms with Gasteiger partial charge in [-0.15, -0.1) is 0 Å². The van der Waals surface area contributed by atoms with Crippen LogP contribution in [0.15, 0.2) is 42.5 Å². The summed E-state index contributed by atoms with van der Waals surface area (Å²) >= 11 is 5.69. The van der Waals surface area contributed by atoms with Gasteiger partial charge in [0.05, 0.1) is 5.02 Å². The summed E-state index contributed by atoms with van der Waals surface area (Å²) in [6.07, 6.45) is 0. The van der Waals surface area contributed by atoms with Crippen LogP contribution in [-0.4, -0.2) is 17.9 Å². The van der Waals surface area contributed by atoms with E-state index >= 15 is 0 Å². The van der Waals surface area contributed by atoms with E-state index in [4.69, 9.17) is 17.3 Å². The predicted octanol–water partition coefficient (Wildman–Crippen LogP) is 3.02. The van der Waals surface area contributed by atoms with Gasteiger partial charge < -0.3 is 16.4 Å². The van der Waals surface area contributed by atoms with Crippen LogP contribution in [0.25, 0.3) is 0 Å². The third-order valence-electron chi connectivity index (χ3n) is 3.13. The number of carbonyl (C=O) groups is 2.